The van der Waals surface area contributed by atoms with Crippen molar-refractivity contribution < 1.29 is 19.1 Å². The van der Waals surface area contributed by atoms with Crippen LogP contribution in [0.2, 0.25) is 0 Å². The summed E-state index contributed by atoms with van der Waals surface area (Å²) < 4.78 is 10.6. The lowest BCUT2D eigenvalue weighted by Gasteiger charge is -2.05. The van der Waals surface area contributed by atoms with Crippen molar-refractivity contribution in [1.29, 1.82) is 0 Å². The SMILES string of the molecule is Cc1ccc(-c2csc(NC(=O)NP(=O)(O)O)n2)cc1. The summed E-state index contributed by atoms with van der Waals surface area (Å²) in [6.45, 7) is 1.98. The largest absolute Gasteiger partial charge is 0.431 e. The predicted molar refractivity (Wildman–Crippen MR) is 76.5 cm³/mol. The van der Waals surface area contributed by atoms with Gasteiger partial charge >= 0.3 is 13.8 Å². The van der Waals surface area contributed by atoms with Crippen molar-refractivity contribution >= 4 is 30.2 Å². The number of carbonyl (C=O) groups is 1. The first-order valence-electron chi connectivity index (χ1n) is 5.51. The van der Waals surface area contributed by atoms with Crippen LogP contribution in [0, 0.1) is 6.92 Å². The number of hydrogen-bond acceptors (Lipinski definition) is 4. The fourth-order valence-electron chi connectivity index (χ4n) is 1.45. The molecule has 0 saturated carbocycles. The molecule has 0 spiro atoms. The van der Waals surface area contributed by atoms with Crippen molar-refractivity contribution in [3.63, 3.8) is 0 Å². The number of benzene rings is 1. The molecule has 0 aliphatic rings. The van der Waals surface area contributed by atoms with Gasteiger partial charge in [-0.25, -0.2) is 19.4 Å². The van der Waals surface area contributed by atoms with Crippen molar-refractivity contribution in [1.82, 2.24) is 10.1 Å². The van der Waals surface area contributed by atoms with Crippen LogP contribution in [0.5, 0.6) is 0 Å². The van der Waals surface area contributed by atoms with Gasteiger partial charge in [0.1, 0.15) is 0 Å². The minimum Gasteiger partial charge on any atom is -0.308 e. The third-order valence-corrected chi connectivity index (χ3v) is 3.57. The third kappa shape index (κ3) is 4.14. The Labute approximate surface area is 118 Å². The van der Waals surface area contributed by atoms with E-state index in [2.05, 4.69) is 10.3 Å². The molecule has 2 amide bonds. The van der Waals surface area contributed by atoms with Gasteiger partial charge in [0.15, 0.2) is 5.13 Å². The van der Waals surface area contributed by atoms with Gasteiger partial charge in [-0.15, -0.1) is 11.3 Å². The van der Waals surface area contributed by atoms with Gasteiger partial charge in [-0.3, -0.25) is 5.32 Å². The number of aromatic nitrogens is 1. The molecule has 1 aromatic heterocycles. The number of rotatable bonds is 3. The van der Waals surface area contributed by atoms with E-state index in [-0.39, 0.29) is 5.13 Å². The molecule has 0 atom stereocenters. The monoisotopic (exact) mass is 313 g/mol. The Kier molecular flexibility index (Phi) is 4.20. The van der Waals surface area contributed by atoms with Crippen molar-refractivity contribution in [2.45, 2.75) is 6.92 Å². The first kappa shape index (κ1) is 14.7. The van der Waals surface area contributed by atoms with Crippen LogP contribution >= 0.6 is 19.1 Å². The highest BCUT2D eigenvalue weighted by atomic mass is 32.1. The minimum atomic E-state index is -4.60. The topological polar surface area (TPSA) is 112 Å². The van der Waals surface area contributed by atoms with Crippen molar-refractivity contribution in [2.24, 2.45) is 0 Å². The van der Waals surface area contributed by atoms with Crippen molar-refractivity contribution in [2.75, 3.05) is 5.32 Å². The normalized spacial score (nSPS) is 11.2. The Bertz CT molecular complexity index is 665. The summed E-state index contributed by atoms with van der Waals surface area (Å²) >= 11 is 1.17. The van der Waals surface area contributed by atoms with E-state index in [4.69, 9.17) is 9.79 Å². The van der Waals surface area contributed by atoms with Gasteiger partial charge in [-0.1, -0.05) is 29.8 Å². The summed E-state index contributed by atoms with van der Waals surface area (Å²) in [6, 6.07) is 6.71. The summed E-state index contributed by atoms with van der Waals surface area (Å²) in [7, 11) is -4.60. The second kappa shape index (κ2) is 5.72. The molecule has 1 heterocycles. The van der Waals surface area contributed by atoms with Crippen LogP contribution in [-0.2, 0) is 4.57 Å². The molecule has 0 fully saturated rings. The molecule has 2 rings (SSSR count). The molecule has 20 heavy (non-hydrogen) atoms. The van der Waals surface area contributed by atoms with Gasteiger partial charge in [0, 0.05) is 10.9 Å². The summed E-state index contributed by atoms with van der Waals surface area (Å²) in [5, 5.41) is 5.78. The van der Waals surface area contributed by atoms with E-state index in [1.807, 2.05) is 31.2 Å². The van der Waals surface area contributed by atoms with Gasteiger partial charge in [0.05, 0.1) is 5.69 Å². The Morgan fingerprint density at radius 3 is 2.55 bits per heavy atom. The number of aryl methyl sites for hydroxylation is 1. The molecule has 0 radical (unpaired) electrons. The number of thiazole rings is 1. The number of urea groups is 1. The molecule has 0 saturated heterocycles. The highest BCUT2D eigenvalue weighted by Gasteiger charge is 2.17. The van der Waals surface area contributed by atoms with Crippen LogP contribution in [-0.4, -0.2) is 20.8 Å². The van der Waals surface area contributed by atoms with E-state index in [0.29, 0.717) is 5.69 Å². The lowest BCUT2D eigenvalue weighted by atomic mass is 10.1. The van der Waals surface area contributed by atoms with E-state index >= 15 is 0 Å². The summed E-state index contributed by atoms with van der Waals surface area (Å²) in [6.07, 6.45) is 0. The zero-order valence-electron chi connectivity index (χ0n) is 10.4. The number of anilines is 1. The van der Waals surface area contributed by atoms with E-state index in [1.54, 1.807) is 5.38 Å². The molecule has 106 valence electrons. The number of amides is 2. The van der Waals surface area contributed by atoms with E-state index in [1.165, 1.54) is 16.4 Å². The average molecular weight is 313 g/mol. The number of carbonyl (C=O) groups excluding carboxylic acids is 1. The average Bonchev–Trinajstić information content (AvgIpc) is 2.75. The minimum absolute atomic E-state index is 0.256. The van der Waals surface area contributed by atoms with Crippen LogP contribution in [0.3, 0.4) is 0 Å². The van der Waals surface area contributed by atoms with E-state index in [0.717, 1.165) is 11.1 Å². The smallest absolute Gasteiger partial charge is 0.308 e. The maximum Gasteiger partial charge on any atom is 0.431 e. The molecule has 1 aromatic carbocycles. The fourth-order valence-corrected chi connectivity index (χ4v) is 2.48. The molecular formula is C11H12N3O4PS. The lowest BCUT2D eigenvalue weighted by Crippen LogP contribution is -2.25. The maximum absolute atomic E-state index is 11.3. The van der Waals surface area contributed by atoms with Gasteiger partial charge < -0.3 is 9.79 Å². The molecule has 7 nitrogen and oxygen atoms in total. The number of hydrogen-bond donors (Lipinski definition) is 4. The summed E-state index contributed by atoms with van der Waals surface area (Å²) in [5.74, 6) is 0. The standard InChI is InChI=1S/C11H12N3O4PS/c1-7-2-4-8(5-3-7)9-6-20-11(12-9)13-10(15)14-19(16,17)18/h2-6H,1H3,(H4,12,13,14,15,16,17,18). The fraction of sp³-hybridized carbons (Fsp3) is 0.0909. The summed E-state index contributed by atoms with van der Waals surface area (Å²) in [5.41, 5.74) is 2.71. The maximum atomic E-state index is 11.3. The van der Waals surface area contributed by atoms with Crippen LogP contribution in [0.1, 0.15) is 5.56 Å². The molecular weight excluding hydrogens is 301 g/mol. The molecule has 2 aromatic rings. The van der Waals surface area contributed by atoms with Gasteiger partial charge in [-0.2, -0.15) is 0 Å². The predicted octanol–water partition coefficient (Wildman–Crippen LogP) is 2.33. The summed E-state index contributed by atoms with van der Waals surface area (Å²) in [4.78, 5) is 32.6. The number of nitrogens with one attached hydrogen (secondary N) is 2. The first-order valence-corrected chi connectivity index (χ1v) is 8.00. The molecule has 0 unspecified atom stereocenters. The zero-order chi connectivity index (χ0) is 14.8. The second-order valence-corrected chi connectivity index (χ2v) is 6.18. The van der Waals surface area contributed by atoms with E-state index in [9.17, 15) is 9.36 Å². The van der Waals surface area contributed by atoms with Crippen LogP contribution < -0.4 is 10.4 Å². The van der Waals surface area contributed by atoms with Crippen LogP contribution in [0.15, 0.2) is 29.6 Å². The Hall–Kier alpha value is -1.73. The van der Waals surface area contributed by atoms with E-state index < -0.39 is 13.8 Å². The van der Waals surface area contributed by atoms with Gasteiger partial charge in [0.2, 0.25) is 0 Å². The van der Waals surface area contributed by atoms with Gasteiger partial charge in [-0.05, 0) is 6.92 Å². The molecule has 0 bridgehead atoms. The van der Waals surface area contributed by atoms with Crippen molar-refractivity contribution in [3.8, 4) is 11.3 Å². The van der Waals surface area contributed by atoms with Crippen LogP contribution in [0.4, 0.5) is 9.93 Å². The molecule has 0 aliphatic carbocycles. The highest BCUT2D eigenvalue weighted by Crippen LogP contribution is 2.29. The third-order valence-electron chi connectivity index (χ3n) is 2.32. The molecule has 0 aliphatic heterocycles. The zero-order valence-corrected chi connectivity index (χ0v) is 12.1. The highest BCUT2D eigenvalue weighted by molar-refractivity contribution is 7.50. The van der Waals surface area contributed by atoms with Crippen molar-refractivity contribution in [3.05, 3.63) is 35.2 Å². The van der Waals surface area contributed by atoms with Crippen LogP contribution in [0.25, 0.3) is 11.3 Å². The molecule has 4 N–H and O–H groups in total. The molecule has 9 heteroatoms. The second-order valence-electron chi connectivity index (χ2n) is 4.01. The Morgan fingerprint density at radius 1 is 1.30 bits per heavy atom. The Balaban J connectivity index is 2.08. The lowest BCUT2D eigenvalue weighted by molar-refractivity contribution is 0.253. The Morgan fingerprint density at radius 2 is 1.95 bits per heavy atom. The van der Waals surface area contributed by atoms with Gasteiger partial charge in [0.25, 0.3) is 0 Å². The number of nitrogens with zero attached hydrogens (tertiary/aromatic N) is 1. The first-order chi connectivity index (χ1) is 9.33. The quantitative estimate of drug-likeness (QED) is 0.650.